The smallest absolute Gasteiger partial charge is 0.226 e. The predicted molar refractivity (Wildman–Crippen MR) is 97.7 cm³/mol. The summed E-state index contributed by atoms with van der Waals surface area (Å²) in [6, 6.07) is 8.27. The van der Waals surface area contributed by atoms with Crippen LogP contribution in [0.1, 0.15) is 23.2 Å². The maximum Gasteiger partial charge on any atom is 0.226 e. The van der Waals surface area contributed by atoms with Gasteiger partial charge in [0.05, 0.1) is 41.9 Å². The third kappa shape index (κ3) is 4.48. The number of benzene rings is 1. The molecule has 1 N–H and O–H groups in total. The number of anilines is 1. The molecule has 130 valence electrons. The summed E-state index contributed by atoms with van der Waals surface area (Å²) < 4.78 is 3.53. The number of carbonyl (C=O) groups excluding carboxylic acids is 1. The number of carbonyl (C=O) groups is 1. The van der Waals surface area contributed by atoms with Crippen molar-refractivity contribution in [3.63, 3.8) is 0 Å². The SMILES string of the molecule is Cc1cccc(Cn2cc(NC(=O)CCn3ncc(Cl)c3C)cn2)c1. The quantitative estimate of drug-likeness (QED) is 0.735. The Balaban J connectivity index is 1.54. The molecule has 0 saturated carbocycles. The minimum Gasteiger partial charge on any atom is -0.323 e. The Morgan fingerprint density at radius 3 is 2.80 bits per heavy atom. The van der Waals surface area contributed by atoms with Crippen LogP contribution in [-0.2, 0) is 17.9 Å². The first-order valence-corrected chi connectivity index (χ1v) is 8.45. The van der Waals surface area contributed by atoms with Crippen LogP contribution in [-0.4, -0.2) is 25.5 Å². The Labute approximate surface area is 151 Å². The monoisotopic (exact) mass is 357 g/mol. The molecule has 3 aromatic rings. The number of hydrogen-bond acceptors (Lipinski definition) is 3. The van der Waals surface area contributed by atoms with E-state index in [9.17, 15) is 4.79 Å². The number of nitrogens with one attached hydrogen (secondary N) is 1. The topological polar surface area (TPSA) is 64.7 Å². The van der Waals surface area contributed by atoms with Gasteiger partial charge in [0, 0.05) is 12.6 Å². The average molecular weight is 358 g/mol. The zero-order chi connectivity index (χ0) is 17.8. The minimum absolute atomic E-state index is 0.0823. The van der Waals surface area contributed by atoms with Crippen LogP contribution in [0.4, 0.5) is 5.69 Å². The summed E-state index contributed by atoms with van der Waals surface area (Å²) in [5.41, 5.74) is 3.94. The van der Waals surface area contributed by atoms with Gasteiger partial charge in [0.2, 0.25) is 5.91 Å². The lowest BCUT2D eigenvalue weighted by atomic mass is 10.1. The molecule has 0 aliphatic rings. The lowest BCUT2D eigenvalue weighted by Gasteiger charge is -2.05. The molecule has 7 heteroatoms. The van der Waals surface area contributed by atoms with Gasteiger partial charge in [-0.15, -0.1) is 0 Å². The zero-order valence-electron chi connectivity index (χ0n) is 14.2. The van der Waals surface area contributed by atoms with Crippen molar-refractivity contribution in [2.24, 2.45) is 0 Å². The molecule has 0 fully saturated rings. The van der Waals surface area contributed by atoms with E-state index in [1.54, 1.807) is 17.1 Å². The van der Waals surface area contributed by atoms with Gasteiger partial charge in [0.15, 0.2) is 0 Å². The summed E-state index contributed by atoms with van der Waals surface area (Å²) in [7, 11) is 0. The second kappa shape index (κ2) is 7.53. The lowest BCUT2D eigenvalue weighted by Crippen LogP contribution is -2.15. The molecule has 6 nitrogen and oxygen atoms in total. The Kier molecular flexibility index (Phi) is 5.19. The first-order chi connectivity index (χ1) is 12.0. The number of nitrogens with zero attached hydrogens (tertiary/aromatic N) is 4. The Hall–Kier alpha value is -2.60. The molecule has 0 bridgehead atoms. The molecule has 1 amide bonds. The van der Waals surface area contributed by atoms with E-state index in [4.69, 9.17) is 11.6 Å². The van der Waals surface area contributed by atoms with Crippen molar-refractivity contribution in [2.45, 2.75) is 33.4 Å². The minimum atomic E-state index is -0.0823. The summed E-state index contributed by atoms with van der Waals surface area (Å²) in [6.45, 7) is 5.10. The van der Waals surface area contributed by atoms with Crippen LogP contribution in [0.25, 0.3) is 0 Å². The average Bonchev–Trinajstić information content (AvgIpc) is 3.13. The first kappa shape index (κ1) is 17.2. The van der Waals surface area contributed by atoms with Crippen molar-refractivity contribution in [3.05, 3.63) is 64.7 Å². The number of aryl methyl sites for hydroxylation is 2. The van der Waals surface area contributed by atoms with Crippen molar-refractivity contribution < 1.29 is 4.79 Å². The molecule has 0 aliphatic heterocycles. The van der Waals surface area contributed by atoms with Crippen LogP contribution in [0.3, 0.4) is 0 Å². The van der Waals surface area contributed by atoms with Crippen LogP contribution < -0.4 is 5.32 Å². The van der Waals surface area contributed by atoms with Crippen molar-refractivity contribution in [3.8, 4) is 0 Å². The molecule has 1 aromatic carbocycles. The van der Waals surface area contributed by atoms with Gasteiger partial charge >= 0.3 is 0 Å². The van der Waals surface area contributed by atoms with Crippen LogP contribution in [0.15, 0.2) is 42.9 Å². The van der Waals surface area contributed by atoms with Crippen molar-refractivity contribution in [1.29, 1.82) is 0 Å². The Morgan fingerprint density at radius 2 is 2.08 bits per heavy atom. The third-order valence-electron chi connectivity index (χ3n) is 3.94. The van der Waals surface area contributed by atoms with Gasteiger partial charge in [-0.05, 0) is 19.4 Å². The molecule has 2 aromatic heterocycles. The maximum absolute atomic E-state index is 12.1. The number of halogens is 1. The predicted octanol–water partition coefficient (Wildman–Crippen LogP) is 3.43. The fourth-order valence-electron chi connectivity index (χ4n) is 2.59. The number of aromatic nitrogens is 4. The molecule has 25 heavy (non-hydrogen) atoms. The fraction of sp³-hybridized carbons (Fsp3) is 0.278. The molecule has 0 unspecified atom stereocenters. The normalized spacial score (nSPS) is 10.8. The number of hydrogen-bond donors (Lipinski definition) is 1. The zero-order valence-corrected chi connectivity index (χ0v) is 15.0. The van der Waals surface area contributed by atoms with Gasteiger partial charge in [0.25, 0.3) is 0 Å². The Bertz CT molecular complexity index is 883. The highest BCUT2D eigenvalue weighted by molar-refractivity contribution is 6.31. The Morgan fingerprint density at radius 1 is 1.24 bits per heavy atom. The van der Waals surface area contributed by atoms with Gasteiger partial charge < -0.3 is 5.32 Å². The van der Waals surface area contributed by atoms with Crippen LogP contribution >= 0.6 is 11.6 Å². The summed E-state index contributed by atoms with van der Waals surface area (Å²) in [4.78, 5) is 12.1. The van der Waals surface area contributed by atoms with Gasteiger partial charge in [-0.25, -0.2) is 0 Å². The standard InChI is InChI=1S/C18H20ClN5O/c1-13-4-3-5-15(8-13)11-23-12-16(9-20-23)22-18(25)6-7-24-14(2)17(19)10-21-24/h3-5,8-10,12H,6-7,11H2,1-2H3,(H,22,25). The van der Waals surface area contributed by atoms with Gasteiger partial charge in [-0.2, -0.15) is 10.2 Å². The molecule has 0 aliphatic carbocycles. The molecule has 0 saturated heterocycles. The first-order valence-electron chi connectivity index (χ1n) is 8.07. The number of rotatable bonds is 6. The molecule has 0 spiro atoms. The second-order valence-corrected chi connectivity index (χ2v) is 6.42. The van der Waals surface area contributed by atoms with E-state index in [-0.39, 0.29) is 5.91 Å². The third-order valence-corrected chi connectivity index (χ3v) is 4.31. The molecule has 0 radical (unpaired) electrons. The van der Waals surface area contributed by atoms with Crippen molar-refractivity contribution >= 4 is 23.2 Å². The summed E-state index contributed by atoms with van der Waals surface area (Å²) in [6.07, 6.45) is 5.39. The maximum atomic E-state index is 12.1. The van der Waals surface area contributed by atoms with E-state index < -0.39 is 0 Å². The molecular weight excluding hydrogens is 338 g/mol. The highest BCUT2D eigenvalue weighted by atomic mass is 35.5. The number of amides is 1. The van der Waals surface area contributed by atoms with E-state index in [1.807, 2.05) is 23.9 Å². The summed E-state index contributed by atoms with van der Waals surface area (Å²) in [5, 5.41) is 11.9. The van der Waals surface area contributed by atoms with Gasteiger partial charge in [-0.3, -0.25) is 14.2 Å². The van der Waals surface area contributed by atoms with Gasteiger partial charge in [0.1, 0.15) is 0 Å². The highest BCUT2D eigenvalue weighted by Gasteiger charge is 2.08. The summed E-state index contributed by atoms with van der Waals surface area (Å²) >= 11 is 5.96. The van der Waals surface area contributed by atoms with E-state index in [0.29, 0.717) is 30.2 Å². The molecular formula is C18H20ClN5O. The van der Waals surface area contributed by atoms with Crippen LogP contribution in [0, 0.1) is 13.8 Å². The van der Waals surface area contributed by atoms with Crippen molar-refractivity contribution in [1.82, 2.24) is 19.6 Å². The van der Waals surface area contributed by atoms with Crippen molar-refractivity contribution in [2.75, 3.05) is 5.32 Å². The summed E-state index contributed by atoms with van der Waals surface area (Å²) in [5.74, 6) is -0.0823. The lowest BCUT2D eigenvalue weighted by molar-refractivity contribution is -0.116. The van der Waals surface area contributed by atoms with Crippen LogP contribution in [0.2, 0.25) is 5.02 Å². The molecule has 0 atom stereocenters. The van der Waals surface area contributed by atoms with Crippen LogP contribution in [0.5, 0.6) is 0 Å². The van der Waals surface area contributed by atoms with E-state index >= 15 is 0 Å². The second-order valence-electron chi connectivity index (χ2n) is 6.01. The van der Waals surface area contributed by atoms with E-state index in [0.717, 1.165) is 5.69 Å². The van der Waals surface area contributed by atoms with E-state index in [1.165, 1.54) is 11.1 Å². The molecule has 3 rings (SSSR count). The van der Waals surface area contributed by atoms with E-state index in [2.05, 4.69) is 40.6 Å². The highest BCUT2D eigenvalue weighted by Crippen LogP contribution is 2.14. The van der Waals surface area contributed by atoms with Gasteiger partial charge in [-0.1, -0.05) is 41.4 Å². The largest absolute Gasteiger partial charge is 0.323 e. The fourth-order valence-corrected chi connectivity index (χ4v) is 2.73. The molecule has 2 heterocycles.